The average molecular weight is 81.1 g/mol. The molecule has 1 aromatic rings. The minimum atomic E-state index is 0. The zero-order valence-corrected chi connectivity index (χ0v) is 2.75. The Kier molecular flexibility index (Phi) is 1.08. The maximum absolute atomic E-state index is 3.92. The first-order valence-corrected chi connectivity index (χ1v) is 1.17. The first-order chi connectivity index (χ1) is 1.50. The summed E-state index contributed by atoms with van der Waals surface area (Å²) in [6, 6.07) is 0. The van der Waals surface area contributed by atoms with Crippen molar-refractivity contribution in [1.29, 1.82) is 0 Å². The highest BCUT2D eigenvalue weighted by Crippen LogP contribution is 1.97. The first-order valence-electron chi connectivity index (χ1n) is 0.500. The summed E-state index contributed by atoms with van der Waals surface area (Å²) in [7, 11) is 0. The van der Waals surface area contributed by atoms with Gasteiger partial charge in [-0.2, -0.15) is 8.02 Å². The van der Waals surface area contributed by atoms with Crippen LogP contribution in [0.3, 0.4) is 0 Å². The van der Waals surface area contributed by atoms with Crippen molar-refractivity contribution in [2.24, 2.45) is 0 Å². The lowest BCUT2D eigenvalue weighted by Crippen LogP contribution is -0.661. The minimum absolute atomic E-state index is 0. The largest absolute Gasteiger partial charge is 0.344 e. The van der Waals surface area contributed by atoms with E-state index >= 15 is 0 Å². The summed E-state index contributed by atoms with van der Waals surface area (Å²) in [6.07, 6.45) is 0. The van der Waals surface area contributed by atoms with E-state index < -0.39 is 0 Å². The van der Waals surface area contributed by atoms with Crippen molar-refractivity contribution in [3.8, 4) is 0 Å². The molecule has 0 spiro atoms. The van der Waals surface area contributed by atoms with Crippen molar-refractivity contribution in [3.63, 3.8) is 0 Å². The van der Waals surface area contributed by atoms with Gasteiger partial charge in [-0.05, 0) is 0 Å². The zero-order chi connectivity index (χ0) is 2.12. The van der Waals surface area contributed by atoms with E-state index in [1.807, 2.05) is 0 Å². The van der Waals surface area contributed by atoms with Gasteiger partial charge in [0.05, 0.1) is 0 Å². The molecule has 4 heavy (non-hydrogen) atoms. The average Bonchev–Trinajstić information content (AvgIpc) is 1.46. The highest BCUT2D eigenvalue weighted by atomic mass is 32.2. The Morgan fingerprint density at radius 1 is 1.25 bits per heavy atom. The molecule has 3 nitrogen and oxygen atoms in total. The molecule has 0 fully saturated rings. The Balaban J connectivity index is 0.0000000900. The maximum atomic E-state index is 3.92. The zero-order valence-electron chi connectivity index (χ0n) is 1.93. The van der Waals surface area contributed by atoms with Gasteiger partial charge in [-0.3, -0.25) is 0 Å². The van der Waals surface area contributed by atoms with Crippen LogP contribution in [0.2, 0.25) is 0 Å². The molecule has 0 radical (unpaired) electrons. The highest BCUT2D eigenvalue weighted by Gasteiger charge is 1.66. The van der Waals surface area contributed by atoms with Crippen LogP contribution in [-0.2, 0) is 0 Å². The second-order valence-corrected chi connectivity index (χ2v) is 0.612. The van der Waals surface area contributed by atoms with E-state index in [0.29, 0.717) is 0 Å². The van der Waals surface area contributed by atoms with Crippen LogP contribution < -0.4 is 6.15 Å². The Bertz CT molecular complexity index is 34.1. The van der Waals surface area contributed by atoms with Crippen molar-refractivity contribution in [1.82, 2.24) is 6.15 Å². The smallest absolute Gasteiger partial charge is 0.335 e. The van der Waals surface area contributed by atoms with Crippen LogP contribution in [0.1, 0.15) is 0 Å². The van der Waals surface area contributed by atoms with Gasteiger partial charge in [0.1, 0.15) is 0 Å². The molecular weight excluding hydrogens is 78.1 g/mol. The molecule has 0 unspecified atom stereocenters. The molecule has 0 aliphatic heterocycles. The van der Waals surface area contributed by atoms with Crippen LogP contribution in [0.25, 0.3) is 0 Å². The second-order valence-electron chi connectivity index (χ2n) is 0.204. The summed E-state index contributed by atoms with van der Waals surface area (Å²) < 4.78 is 7.83. The molecule has 3 N–H and O–H groups in total. The van der Waals surface area contributed by atoms with Crippen LogP contribution >= 0.6 is 11.9 Å². The van der Waals surface area contributed by atoms with Crippen LogP contribution in [0, 0.1) is 0 Å². The van der Waals surface area contributed by atoms with Crippen LogP contribution in [0.15, 0.2) is 8.02 Å². The lowest BCUT2D eigenvalue weighted by atomic mass is 14.0. The summed E-state index contributed by atoms with van der Waals surface area (Å²) >= 11 is 1.000. The summed E-state index contributed by atoms with van der Waals surface area (Å²) in [4.78, 5) is 0. The molecule has 1 heterocycles. The molecule has 4 heteroatoms. The molecule has 0 saturated heterocycles. The van der Waals surface area contributed by atoms with Gasteiger partial charge in [-0.25, -0.2) is 0 Å². The number of hydrogen-bond donors (Lipinski definition) is 1. The van der Waals surface area contributed by atoms with E-state index in [1.54, 1.807) is 0 Å². The summed E-state index contributed by atoms with van der Waals surface area (Å²) in [5.41, 5.74) is 0. The molecule has 0 saturated carbocycles. The van der Waals surface area contributed by atoms with Gasteiger partial charge in [-0.15, -0.1) is 0 Å². The van der Waals surface area contributed by atoms with Gasteiger partial charge >= 0.3 is 11.9 Å². The van der Waals surface area contributed by atoms with Gasteiger partial charge in [-0.1, -0.05) is 0 Å². The Morgan fingerprint density at radius 3 is 1.50 bits per heavy atom. The molecule has 0 aliphatic carbocycles. The molecule has 0 aromatic carbocycles. The fraction of sp³-hybridized carbons (Fsp3) is 0. The van der Waals surface area contributed by atoms with E-state index in [-0.39, 0.29) is 6.15 Å². The van der Waals surface area contributed by atoms with E-state index in [2.05, 4.69) is 8.02 Å². The predicted molar refractivity (Wildman–Crippen MR) is 13.9 cm³/mol. The second kappa shape index (κ2) is 1.14. The molecule has 0 aliphatic rings. The van der Waals surface area contributed by atoms with E-state index in [4.69, 9.17) is 0 Å². The van der Waals surface area contributed by atoms with Crippen molar-refractivity contribution in [3.05, 3.63) is 0 Å². The number of hydrogen-bond acceptors (Lipinski definition) is 4. The third-order valence-electron chi connectivity index (χ3n) is 0.0680. The minimum Gasteiger partial charge on any atom is -0.344 e. The summed E-state index contributed by atoms with van der Waals surface area (Å²) in [5.74, 6) is 0. The van der Waals surface area contributed by atoms with Crippen molar-refractivity contribution in [2.75, 3.05) is 0 Å². The monoisotopic (exact) mass is 81.0 g/mol. The lowest BCUT2D eigenvalue weighted by molar-refractivity contribution is 0.264. The predicted octanol–water partition coefficient (Wildman–Crippen LogP) is 1.10. The molecule has 0 amide bonds. The van der Waals surface area contributed by atoms with Gasteiger partial charge in [0, 0.05) is 0 Å². The van der Waals surface area contributed by atoms with E-state index in [0.717, 1.165) is 11.9 Å². The highest BCUT2D eigenvalue weighted by molar-refractivity contribution is 6.95. The van der Waals surface area contributed by atoms with Gasteiger partial charge < -0.3 is 6.15 Å². The molecule has 0 bridgehead atoms. The Hall–Kier alpha value is -0.220. The van der Waals surface area contributed by atoms with Crippen LogP contribution in [-0.4, -0.2) is 0 Å². The standard InChI is InChI=1S/H3N.O2S/c;1-2-3-1/h1H3;. The van der Waals surface area contributed by atoms with E-state index in [9.17, 15) is 0 Å². The maximum Gasteiger partial charge on any atom is 0.335 e. The molecule has 1 aromatic heterocycles. The lowest BCUT2D eigenvalue weighted by Gasteiger charge is -0.984. The molecule has 26 valence electrons. The van der Waals surface area contributed by atoms with E-state index in [1.165, 1.54) is 0 Å². The van der Waals surface area contributed by atoms with Crippen LogP contribution in [0.5, 0.6) is 0 Å². The van der Waals surface area contributed by atoms with Crippen LogP contribution in [0.4, 0.5) is 0 Å². The molecule has 0 atom stereocenters. The third-order valence-corrected chi connectivity index (χ3v) is 0.204. The van der Waals surface area contributed by atoms with Gasteiger partial charge in [0.2, 0.25) is 0 Å². The van der Waals surface area contributed by atoms with Crippen molar-refractivity contribution in [2.45, 2.75) is 0 Å². The summed E-state index contributed by atoms with van der Waals surface area (Å²) in [5, 5.41) is 0. The van der Waals surface area contributed by atoms with Crippen molar-refractivity contribution >= 4 is 11.9 Å². The van der Waals surface area contributed by atoms with Crippen molar-refractivity contribution < 1.29 is 8.02 Å². The molecular formula is H3NO2S. The fourth-order valence-corrected chi connectivity index (χ4v) is 0. The quantitative estimate of drug-likeness (QED) is 0.475. The fourth-order valence-electron chi connectivity index (χ4n) is 0. The Labute approximate surface area is 27.2 Å². The SMILES string of the molecule is N.o1os1. The normalized spacial score (nSPS) is 6.00. The third kappa shape index (κ3) is 1.78. The molecule has 1 rings (SSSR count). The number of rotatable bonds is 0. The first kappa shape index (κ1) is 3.78. The summed E-state index contributed by atoms with van der Waals surface area (Å²) in [6.45, 7) is 0. The van der Waals surface area contributed by atoms with Gasteiger partial charge in [0.25, 0.3) is 0 Å². The Morgan fingerprint density at radius 2 is 1.50 bits per heavy atom. The van der Waals surface area contributed by atoms with Gasteiger partial charge in [0.15, 0.2) is 0 Å². The topological polar surface area (TPSA) is 61.3 Å².